The second-order valence-corrected chi connectivity index (χ2v) is 8.06. The Bertz CT molecular complexity index is 1320. The molecule has 158 valence electrons. The minimum atomic E-state index is 0.542. The molecule has 5 nitrogen and oxygen atoms in total. The van der Waals surface area contributed by atoms with Crippen LogP contribution >= 0.6 is 11.3 Å². The third kappa shape index (κ3) is 4.26. The van der Waals surface area contributed by atoms with Crippen molar-refractivity contribution in [3.8, 4) is 22.6 Å². The summed E-state index contributed by atoms with van der Waals surface area (Å²) in [6, 6.07) is 26.1. The second-order valence-electron chi connectivity index (χ2n) is 7.20. The van der Waals surface area contributed by atoms with Gasteiger partial charge in [0, 0.05) is 16.6 Å². The molecule has 6 heteroatoms. The summed E-state index contributed by atoms with van der Waals surface area (Å²) in [5.41, 5.74) is 4.27. The zero-order valence-electron chi connectivity index (χ0n) is 17.5. The van der Waals surface area contributed by atoms with Crippen LogP contribution in [0.3, 0.4) is 0 Å². The van der Waals surface area contributed by atoms with Gasteiger partial charge in [0.05, 0.1) is 12.5 Å². The Hall–Kier alpha value is -3.90. The molecular weight excluding hydrogens is 418 g/mol. The average Bonchev–Trinajstić information content (AvgIpc) is 3.30. The lowest BCUT2D eigenvalue weighted by atomic mass is 10.1. The first-order chi connectivity index (χ1) is 15.8. The maximum Gasteiger partial charge on any atom is 0.143 e. The number of rotatable bonds is 7. The number of hydrogen-bond acceptors (Lipinski definition) is 6. The molecule has 0 aliphatic heterocycles. The van der Waals surface area contributed by atoms with Gasteiger partial charge in [-0.25, -0.2) is 9.97 Å². The number of ether oxygens (including phenoxy) is 2. The van der Waals surface area contributed by atoms with E-state index in [2.05, 4.69) is 44.9 Å². The highest BCUT2D eigenvalue weighted by Gasteiger charge is 2.13. The summed E-state index contributed by atoms with van der Waals surface area (Å²) in [4.78, 5) is 9.92. The molecule has 0 fully saturated rings. The fourth-order valence-corrected chi connectivity index (χ4v) is 4.38. The molecule has 0 unspecified atom stereocenters. The highest BCUT2D eigenvalue weighted by atomic mass is 32.1. The molecule has 0 aliphatic carbocycles. The number of nitrogens with one attached hydrogen (secondary N) is 1. The van der Waals surface area contributed by atoms with Gasteiger partial charge in [0.25, 0.3) is 0 Å². The number of benzene rings is 3. The summed E-state index contributed by atoms with van der Waals surface area (Å²) < 4.78 is 11.2. The summed E-state index contributed by atoms with van der Waals surface area (Å²) >= 11 is 1.61. The minimum absolute atomic E-state index is 0.542. The predicted octanol–water partition coefficient (Wildman–Crippen LogP) is 6.69. The highest BCUT2D eigenvalue weighted by molar-refractivity contribution is 7.17. The van der Waals surface area contributed by atoms with Crippen molar-refractivity contribution in [3.63, 3.8) is 0 Å². The van der Waals surface area contributed by atoms with E-state index < -0.39 is 0 Å². The van der Waals surface area contributed by atoms with E-state index in [9.17, 15) is 0 Å². The van der Waals surface area contributed by atoms with Crippen LogP contribution in [0, 0.1) is 0 Å². The van der Waals surface area contributed by atoms with E-state index in [4.69, 9.17) is 9.47 Å². The van der Waals surface area contributed by atoms with Crippen LogP contribution in [0.4, 0.5) is 11.5 Å². The number of hydrogen-bond donors (Lipinski definition) is 1. The third-order valence-corrected chi connectivity index (χ3v) is 6.02. The van der Waals surface area contributed by atoms with E-state index in [1.165, 1.54) is 0 Å². The summed E-state index contributed by atoms with van der Waals surface area (Å²) in [5.74, 6) is 2.43. The normalized spacial score (nSPS) is 10.8. The largest absolute Gasteiger partial charge is 0.497 e. The van der Waals surface area contributed by atoms with Crippen molar-refractivity contribution in [1.82, 2.24) is 9.97 Å². The maximum absolute atomic E-state index is 5.89. The Morgan fingerprint density at radius 1 is 0.844 bits per heavy atom. The molecule has 0 saturated heterocycles. The van der Waals surface area contributed by atoms with Crippen LogP contribution in [0.2, 0.25) is 0 Å². The van der Waals surface area contributed by atoms with Gasteiger partial charge in [-0.1, -0.05) is 42.5 Å². The molecule has 0 aliphatic rings. The molecule has 0 radical (unpaired) electrons. The molecule has 32 heavy (non-hydrogen) atoms. The van der Waals surface area contributed by atoms with Gasteiger partial charge < -0.3 is 14.8 Å². The van der Waals surface area contributed by atoms with Crippen LogP contribution in [-0.2, 0) is 6.61 Å². The molecule has 5 aromatic rings. The summed E-state index contributed by atoms with van der Waals surface area (Å²) in [5, 5.41) is 6.57. The van der Waals surface area contributed by atoms with E-state index in [-0.39, 0.29) is 0 Å². The fourth-order valence-electron chi connectivity index (χ4n) is 3.47. The van der Waals surface area contributed by atoms with E-state index in [1.54, 1.807) is 24.8 Å². The lowest BCUT2D eigenvalue weighted by molar-refractivity contribution is 0.306. The highest BCUT2D eigenvalue weighted by Crippen LogP contribution is 2.38. The van der Waals surface area contributed by atoms with E-state index in [0.717, 1.165) is 49.9 Å². The van der Waals surface area contributed by atoms with Crippen molar-refractivity contribution in [2.24, 2.45) is 0 Å². The van der Waals surface area contributed by atoms with E-state index in [0.29, 0.717) is 6.61 Å². The number of aromatic nitrogens is 2. The number of anilines is 2. The standard InChI is InChI=1S/C26H21N3O2S/c1-30-21-11-7-19(8-12-21)23-16-32-26-24(23)25(27-17-28-26)29-20-9-13-22(14-10-20)31-15-18-5-3-2-4-6-18/h2-14,16-17H,15H2,1H3,(H,27,28,29). The molecule has 2 heterocycles. The van der Waals surface area contributed by atoms with Crippen molar-refractivity contribution in [3.05, 3.63) is 96.1 Å². The van der Waals surface area contributed by atoms with Crippen LogP contribution in [0.5, 0.6) is 11.5 Å². The van der Waals surface area contributed by atoms with Crippen molar-refractivity contribution >= 4 is 33.1 Å². The van der Waals surface area contributed by atoms with Crippen molar-refractivity contribution in [2.45, 2.75) is 6.61 Å². The number of thiophene rings is 1. The van der Waals surface area contributed by atoms with Crippen LogP contribution in [0.1, 0.15) is 5.56 Å². The maximum atomic E-state index is 5.89. The molecule has 5 rings (SSSR count). The first kappa shape index (κ1) is 20.0. The molecule has 0 bridgehead atoms. The zero-order valence-corrected chi connectivity index (χ0v) is 18.3. The van der Waals surface area contributed by atoms with E-state index in [1.807, 2.05) is 54.6 Å². The number of nitrogens with zero attached hydrogens (tertiary/aromatic N) is 2. The van der Waals surface area contributed by atoms with Gasteiger partial charge in [-0.3, -0.25) is 0 Å². The molecule has 0 atom stereocenters. The molecule has 0 saturated carbocycles. The molecule has 0 amide bonds. The Balaban J connectivity index is 1.37. The molecule has 1 N–H and O–H groups in total. The van der Waals surface area contributed by atoms with Crippen molar-refractivity contribution < 1.29 is 9.47 Å². The topological polar surface area (TPSA) is 56.3 Å². The Morgan fingerprint density at radius 2 is 1.59 bits per heavy atom. The average molecular weight is 440 g/mol. The van der Waals surface area contributed by atoms with Crippen LogP contribution in [0.25, 0.3) is 21.3 Å². The van der Waals surface area contributed by atoms with Gasteiger partial charge in [0.15, 0.2) is 0 Å². The number of fused-ring (bicyclic) bond motifs is 1. The monoisotopic (exact) mass is 439 g/mol. The summed E-state index contributed by atoms with van der Waals surface area (Å²) in [7, 11) is 1.67. The fraction of sp³-hybridized carbons (Fsp3) is 0.0769. The number of methoxy groups -OCH3 is 1. The quantitative estimate of drug-likeness (QED) is 0.306. The van der Waals surface area contributed by atoms with Gasteiger partial charge >= 0.3 is 0 Å². The molecular formula is C26H21N3O2S. The first-order valence-electron chi connectivity index (χ1n) is 10.2. The third-order valence-electron chi connectivity index (χ3n) is 5.14. The minimum Gasteiger partial charge on any atom is -0.497 e. The zero-order chi connectivity index (χ0) is 21.8. The van der Waals surface area contributed by atoms with Gasteiger partial charge in [0.1, 0.15) is 35.1 Å². The second kappa shape index (κ2) is 9.08. The van der Waals surface area contributed by atoms with Gasteiger partial charge in [-0.2, -0.15) is 0 Å². The molecule has 0 spiro atoms. The Morgan fingerprint density at radius 3 is 2.34 bits per heavy atom. The van der Waals surface area contributed by atoms with Crippen LogP contribution in [-0.4, -0.2) is 17.1 Å². The first-order valence-corrected chi connectivity index (χ1v) is 11.1. The smallest absolute Gasteiger partial charge is 0.143 e. The van der Waals surface area contributed by atoms with E-state index >= 15 is 0 Å². The molecule has 3 aromatic carbocycles. The Labute approximate surface area is 190 Å². The van der Waals surface area contributed by atoms with Crippen LogP contribution in [0.15, 0.2) is 90.6 Å². The van der Waals surface area contributed by atoms with Gasteiger partial charge in [0.2, 0.25) is 0 Å². The van der Waals surface area contributed by atoms with Crippen LogP contribution < -0.4 is 14.8 Å². The predicted molar refractivity (Wildman–Crippen MR) is 130 cm³/mol. The lowest BCUT2D eigenvalue weighted by Crippen LogP contribution is -1.97. The van der Waals surface area contributed by atoms with Crippen molar-refractivity contribution in [2.75, 3.05) is 12.4 Å². The molecule has 2 aromatic heterocycles. The van der Waals surface area contributed by atoms with Gasteiger partial charge in [-0.05, 0) is 47.5 Å². The summed E-state index contributed by atoms with van der Waals surface area (Å²) in [6.45, 7) is 0.542. The van der Waals surface area contributed by atoms with Gasteiger partial charge in [-0.15, -0.1) is 11.3 Å². The SMILES string of the molecule is COc1ccc(-c2csc3ncnc(Nc4ccc(OCc5ccccc5)cc4)c23)cc1. The Kier molecular flexibility index (Phi) is 5.68. The lowest BCUT2D eigenvalue weighted by Gasteiger charge is -2.10. The summed E-state index contributed by atoms with van der Waals surface area (Å²) in [6.07, 6.45) is 1.59. The van der Waals surface area contributed by atoms with Crippen molar-refractivity contribution in [1.29, 1.82) is 0 Å².